The first-order valence-electron chi connectivity index (χ1n) is 4.93. The lowest BCUT2D eigenvalue weighted by Gasteiger charge is -2.20. The van der Waals surface area contributed by atoms with Crippen molar-refractivity contribution in [2.75, 3.05) is 7.11 Å². The van der Waals surface area contributed by atoms with Crippen molar-refractivity contribution in [1.29, 1.82) is 0 Å². The molecule has 0 fully saturated rings. The molecule has 0 spiro atoms. The second-order valence-corrected chi connectivity index (χ2v) is 4.96. The van der Waals surface area contributed by atoms with Crippen LogP contribution < -0.4 is 4.74 Å². The second-order valence-electron chi connectivity index (χ2n) is 3.81. The van der Waals surface area contributed by atoms with Gasteiger partial charge in [-0.05, 0) is 44.4 Å². The lowest BCUT2D eigenvalue weighted by Crippen LogP contribution is -2.02. The summed E-state index contributed by atoms with van der Waals surface area (Å²) in [5, 5.41) is 0.945. The maximum absolute atomic E-state index is 6.27. The first-order valence-corrected chi connectivity index (χ1v) is 5.82. The van der Waals surface area contributed by atoms with Gasteiger partial charge in [0.15, 0.2) is 0 Å². The number of thiol groups is 1. The molecule has 0 amide bonds. The molecule has 0 aliphatic heterocycles. The number of benzene rings is 1. The van der Waals surface area contributed by atoms with Crippen molar-refractivity contribution in [3.8, 4) is 5.75 Å². The highest BCUT2D eigenvalue weighted by Gasteiger charge is 2.19. The molecule has 0 heterocycles. The van der Waals surface area contributed by atoms with Crippen LogP contribution in [0.1, 0.15) is 34.4 Å². The Hall–Kier alpha value is -0.340. The topological polar surface area (TPSA) is 9.23 Å². The van der Waals surface area contributed by atoms with E-state index in [9.17, 15) is 0 Å². The zero-order valence-corrected chi connectivity index (χ0v) is 11.5. The van der Waals surface area contributed by atoms with E-state index >= 15 is 0 Å². The molecular weight excluding hydrogens is 228 g/mol. The molecule has 84 valence electrons. The lowest BCUT2D eigenvalue weighted by molar-refractivity contribution is 0.406. The average Bonchev–Trinajstić information content (AvgIpc) is 2.19. The first kappa shape index (κ1) is 12.7. The van der Waals surface area contributed by atoms with Crippen LogP contribution in [0.3, 0.4) is 0 Å². The fourth-order valence-corrected chi connectivity index (χ4v) is 2.43. The van der Waals surface area contributed by atoms with Gasteiger partial charge < -0.3 is 4.74 Å². The van der Waals surface area contributed by atoms with E-state index in [-0.39, 0.29) is 5.25 Å². The summed E-state index contributed by atoms with van der Waals surface area (Å²) in [7, 11) is 1.69. The van der Waals surface area contributed by atoms with E-state index in [1.807, 2.05) is 27.7 Å². The first-order chi connectivity index (χ1) is 6.91. The van der Waals surface area contributed by atoms with Crippen molar-refractivity contribution in [3.05, 3.63) is 27.3 Å². The Morgan fingerprint density at radius 3 is 2.07 bits per heavy atom. The van der Waals surface area contributed by atoms with E-state index in [1.165, 1.54) is 0 Å². The van der Waals surface area contributed by atoms with Crippen molar-refractivity contribution in [3.63, 3.8) is 0 Å². The van der Waals surface area contributed by atoms with Crippen LogP contribution in [0, 0.1) is 20.8 Å². The van der Waals surface area contributed by atoms with Crippen LogP contribution in [0.2, 0.25) is 5.02 Å². The normalized spacial score (nSPS) is 12.7. The van der Waals surface area contributed by atoms with Gasteiger partial charge in [0, 0.05) is 15.8 Å². The molecular formula is C12H17ClOS. The Balaban J connectivity index is 3.62. The Morgan fingerprint density at radius 2 is 1.67 bits per heavy atom. The van der Waals surface area contributed by atoms with Gasteiger partial charge in [0.05, 0.1) is 7.11 Å². The number of halogens is 1. The molecule has 0 bridgehead atoms. The van der Waals surface area contributed by atoms with Crippen LogP contribution in [0.15, 0.2) is 0 Å². The Kier molecular flexibility index (Phi) is 3.96. The summed E-state index contributed by atoms with van der Waals surface area (Å²) in [4.78, 5) is 0. The molecule has 0 N–H and O–H groups in total. The lowest BCUT2D eigenvalue weighted by atomic mass is 9.97. The highest BCUT2D eigenvalue weighted by Crippen LogP contribution is 2.40. The summed E-state index contributed by atoms with van der Waals surface area (Å²) < 4.78 is 5.45. The zero-order valence-electron chi connectivity index (χ0n) is 9.81. The van der Waals surface area contributed by atoms with E-state index in [4.69, 9.17) is 16.3 Å². The predicted octanol–water partition coefficient (Wildman–Crippen LogP) is 4.26. The number of ether oxygens (including phenoxy) is 1. The molecule has 1 atom stereocenters. The van der Waals surface area contributed by atoms with Gasteiger partial charge in [-0.3, -0.25) is 0 Å². The SMILES string of the molecule is COc1c(C)c(C)c(Cl)c(C)c1C(C)S. The highest BCUT2D eigenvalue weighted by molar-refractivity contribution is 7.80. The highest BCUT2D eigenvalue weighted by atomic mass is 35.5. The molecule has 0 saturated heterocycles. The number of hydrogen-bond acceptors (Lipinski definition) is 2. The predicted molar refractivity (Wildman–Crippen MR) is 69.6 cm³/mol. The summed E-state index contributed by atoms with van der Waals surface area (Å²) in [5.74, 6) is 0.914. The standard InChI is InChI=1S/C12H17ClOS/c1-6-7(2)12(14-5)10(9(4)15)8(3)11(6)13/h9,15H,1-5H3. The molecule has 15 heavy (non-hydrogen) atoms. The van der Waals surface area contributed by atoms with E-state index in [0.717, 1.165) is 33.0 Å². The number of hydrogen-bond donors (Lipinski definition) is 1. The molecule has 1 nitrogen and oxygen atoms in total. The molecule has 1 rings (SSSR count). The number of methoxy groups -OCH3 is 1. The van der Waals surface area contributed by atoms with Gasteiger partial charge in [-0.2, -0.15) is 12.6 Å². The minimum absolute atomic E-state index is 0.122. The van der Waals surface area contributed by atoms with Crippen molar-refractivity contribution >= 4 is 24.2 Å². The second kappa shape index (κ2) is 4.67. The molecule has 0 radical (unpaired) electrons. The third kappa shape index (κ3) is 2.11. The average molecular weight is 245 g/mol. The van der Waals surface area contributed by atoms with Gasteiger partial charge in [-0.1, -0.05) is 11.6 Å². The molecule has 0 aliphatic carbocycles. The molecule has 3 heteroatoms. The van der Waals surface area contributed by atoms with E-state index in [0.29, 0.717) is 0 Å². The number of rotatable bonds is 2. The van der Waals surface area contributed by atoms with Gasteiger partial charge >= 0.3 is 0 Å². The summed E-state index contributed by atoms with van der Waals surface area (Å²) in [5.41, 5.74) is 4.35. The maximum atomic E-state index is 6.27. The van der Waals surface area contributed by atoms with Crippen molar-refractivity contribution in [2.45, 2.75) is 32.9 Å². The van der Waals surface area contributed by atoms with Crippen LogP contribution in [0.5, 0.6) is 5.75 Å². The smallest absolute Gasteiger partial charge is 0.126 e. The third-order valence-electron chi connectivity index (χ3n) is 2.83. The van der Waals surface area contributed by atoms with Gasteiger partial charge in [-0.25, -0.2) is 0 Å². The van der Waals surface area contributed by atoms with Crippen LogP contribution in [0.4, 0.5) is 0 Å². The fraction of sp³-hybridized carbons (Fsp3) is 0.500. The van der Waals surface area contributed by atoms with Crippen LogP contribution in [-0.2, 0) is 0 Å². The van der Waals surface area contributed by atoms with Crippen LogP contribution in [-0.4, -0.2) is 7.11 Å². The van der Waals surface area contributed by atoms with Crippen molar-refractivity contribution in [2.24, 2.45) is 0 Å². The molecule has 0 saturated carbocycles. The third-order valence-corrected chi connectivity index (χ3v) is 3.66. The Morgan fingerprint density at radius 1 is 1.13 bits per heavy atom. The van der Waals surface area contributed by atoms with E-state index in [1.54, 1.807) is 7.11 Å². The van der Waals surface area contributed by atoms with Crippen molar-refractivity contribution in [1.82, 2.24) is 0 Å². The minimum atomic E-state index is 0.122. The Labute approximate surface area is 102 Å². The quantitative estimate of drug-likeness (QED) is 0.765. The van der Waals surface area contributed by atoms with Gasteiger partial charge in [0.1, 0.15) is 5.75 Å². The molecule has 1 aromatic carbocycles. The molecule has 1 unspecified atom stereocenters. The molecule has 0 aliphatic rings. The summed E-state index contributed by atoms with van der Waals surface area (Å²) in [6, 6.07) is 0. The summed E-state index contributed by atoms with van der Waals surface area (Å²) in [6.07, 6.45) is 0. The van der Waals surface area contributed by atoms with Gasteiger partial charge in [0.25, 0.3) is 0 Å². The summed E-state index contributed by atoms with van der Waals surface area (Å²) in [6.45, 7) is 8.08. The Bertz CT molecular complexity index is 386. The maximum Gasteiger partial charge on any atom is 0.126 e. The van der Waals surface area contributed by atoms with Crippen LogP contribution >= 0.6 is 24.2 Å². The van der Waals surface area contributed by atoms with Crippen LogP contribution in [0.25, 0.3) is 0 Å². The van der Waals surface area contributed by atoms with Gasteiger partial charge in [-0.15, -0.1) is 0 Å². The molecule has 0 aromatic heterocycles. The van der Waals surface area contributed by atoms with E-state index < -0.39 is 0 Å². The monoisotopic (exact) mass is 244 g/mol. The largest absolute Gasteiger partial charge is 0.496 e. The fourth-order valence-electron chi connectivity index (χ4n) is 1.87. The van der Waals surface area contributed by atoms with Crippen molar-refractivity contribution < 1.29 is 4.74 Å². The minimum Gasteiger partial charge on any atom is -0.496 e. The molecule has 1 aromatic rings. The zero-order chi connectivity index (χ0) is 11.7. The van der Waals surface area contributed by atoms with Gasteiger partial charge in [0.2, 0.25) is 0 Å². The van der Waals surface area contributed by atoms with E-state index in [2.05, 4.69) is 12.6 Å². The summed E-state index contributed by atoms with van der Waals surface area (Å²) >= 11 is 10.7.